The van der Waals surface area contributed by atoms with Gasteiger partial charge in [0.2, 0.25) is 0 Å². The molecule has 3 aromatic carbocycles. The third-order valence-electron chi connectivity index (χ3n) is 5.61. The van der Waals surface area contributed by atoms with Crippen molar-refractivity contribution in [3.8, 4) is 23.1 Å². The molecule has 0 saturated heterocycles. The molecule has 1 aliphatic heterocycles. The number of aromatic nitrogens is 1. The number of hydrogen-bond acceptors (Lipinski definition) is 5. The van der Waals surface area contributed by atoms with Gasteiger partial charge in [0.1, 0.15) is 33.6 Å². The SMILES string of the molecule is CC1Oc2ccccc2C=C1C=C(C#N)c1nc(-c2ccccc2)c(NC(=O)c2ccccc2)s1. The maximum atomic E-state index is 12.9. The van der Waals surface area contributed by atoms with Crippen LogP contribution in [0.4, 0.5) is 5.00 Å². The van der Waals surface area contributed by atoms with Crippen LogP contribution >= 0.6 is 11.3 Å². The number of hydrogen-bond donors (Lipinski definition) is 1. The highest BCUT2D eigenvalue weighted by molar-refractivity contribution is 7.17. The summed E-state index contributed by atoms with van der Waals surface area (Å²) < 4.78 is 6.03. The Bertz CT molecular complexity index is 1480. The molecule has 5 nitrogen and oxygen atoms in total. The van der Waals surface area contributed by atoms with Crippen LogP contribution in [0.5, 0.6) is 5.75 Å². The van der Waals surface area contributed by atoms with Crippen molar-refractivity contribution in [2.75, 3.05) is 5.32 Å². The highest BCUT2D eigenvalue weighted by Crippen LogP contribution is 2.37. The van der Waals surface area contributed by atoms with Crippen LogP contribution < -0.4 is 10.1 Å². The molecule has 1 amide bonds. The average Bonchev–Trinajstić information content (AvgIpc) is 3.31. The summed E-state index contributed by atoms with van der Waals surface area (Å²) in [6.07, 6.45) is 3.64. The molecule has 6 heteroatoms. The van der Waals surface area contributed by atoms with Crippen LogP contribution in [0.15, 0.2) is 96.6 Å². The van der Waals surface area contributed by atoms with Gasteiger partial charge in [0, 0.05) is 16.7 Å². The lowest BCUT2D eigenvalue weighted by Gasteiger charge is -2.22. The number of allylic oxidation sites excluding steroid dienone is 1. The largest absolute Gasteiger partial charge is 0.485 e. The number of ether oxygens (including phenoxy) is 1. The summed E-state index contributed by atoms with van der Waals surface area (Å²) in [4.78, 5) is 17.7. The fourth-order valence-electron chi connectivity index (χ4n) is 3.81. The van der Waals surface area contributed by atoms with E-state index in [4.69, 9.17) is 9.72 Å². The van der Waals surface area contributed by atoms with Crippen LogP contribution in [0.2, 0.25) is 0 Å². The minimum Gasteiger partial charge on any atom is -0.485 e. The van der Waals surface area contributed by atoms with Crippen molar-refractivity contribution in [3.05, 3.63) is 113 Å². The maximum Gasteiger partial charge on any atom is 0.256 e. The van der Waals surface area contributed by atoms with E-state index in [1.54, 1.807) is 12.1 Å². The molecule has 2 heterocycles. The number of carbonyl (C=O) groups is 1. The molecule has 35 heavy (non-hydrogen) atoms. The molecule has 1 aliphatic rings. The van der Waals surface area contributed by atoms with Crippen LogP contribution in [0.1, 0.15) is 27.9 Å². The maximum absolute atomic E-state index is 12.9. The Hall–Kier alpha value is -4.47. The highest BCUT2D eigenvalue weighted by Gasteiger charge is 2.21. The van der Waals surface area contributed by atoms with Gasteiger partial charge in [-0.05, 0) is 42.8 Å². The standard InChI is InChI=1S/C29H21N3O2S/c1-19-23(16-22-14-8-9-15-25(22)34-19)17-24(18-30)28-31-26(20-10-4-2-5-11-20)29(35-28)32-27(33)21-12-6-3-7-13-21/h2-17,19H,1H3,(H,32,33). The topological polar surface area (TPSA) is 75.0 Å². The van der Waals surface area contributed by atoms with Crippen LogP contribution in [0.3, 0.4) is 0 Å². The first-order valence-corrected chi connectivity index (χ1v) is 12.0. The minimum atomic E-state index is -0.228. The Labute approximate surface area is 207 Å². The van der Waals surface area contributed by atoms with E-state index < -0.39 is 0 Å². The molecule has 1 aromatic heterocycles. The Morgan fingerprint density at radius 2 is 1.71 bits per heavy atom. The number of nitriles is 1. The predicted molar refractivity (Wildman–Crippen MR) is 140 cm³/mol. The van der Waals surface area contributed by atoms with Crippen LogP contribution in [0.25, 0.3) is 22.9 Å². The normalized spacial score (nSPS) is 14.8. The summed E-state index contributed by atoms with van der Waals surface area (Å²) in [7, 11) is 0. The van der Waals surface area contributed by atoms with Gasteiger partial charge in [0.25, 0.3) is 5.91 Å². The van der Waals surface area contributed by atoms with Gasteiger partial charge in [-0.3, -0.25) is 4.79 Å². The van der Waals surface area contributed by atoms with Crippen molar-refractivity contribution in [3.63, 3.8) is 0 Å². The zero-order valence-corrected chi connectivity index (χ0v) is 19.8. The van der Waals surface area contributed by atoms with E-state index >= 15 is 0 Å². The quantitative estimate of drug-likeness (QED) is 0.321. The van der Waals surface area contributed by atoms with E-state index in [0.29, 0.717) is 26.8 Å². The van der Waals surface area contributed by atoms with Gasteiger partial charge < -0.3 is 10.1 Å². The van der Waals surface area contributed by atoms with Gasteiger partial charge in [-0.15, -0.1) is 0 Å². The molecule has 0 saturated carbocycles. The Morgan fingerprint density at radius 1 is 1.03 bits per heavy atom. The lowest BCUT2D eigenvalue weighted by atomic mass is 10.0. The van der Waals surface area contributed by atoms with Gasteiger partial charge in [-0.25, -0.2) is 4.98 Å². The third kappa shape index (κ3) is 4.77. The number of anilines is 1. The molecular formula is C29H21N3O2S. The van der Waals surface area contributed by atoms with E-state index in [1.807, 2.05) is 91.9 Å². The zero-order chi connectivity index (χ0) is 24.2. The number of para-hydroxylation sites is 1. The van der Waals surface area contributed by atoms with E-state index in [1.165, 1.54) is 11.3 Å². The van der Waals surface area contributed by atoms with Gasteiger partial charge in [0.05, 0.1) is 5.57 Å². The molecule has 0 bridgehead atoms. The molecule has 0 fully saturated rings. The summed E-state index contributed by atoms with van der Waals surface area (Å²) in [5.41, 5.74) is 4.30. The fourth-order valence-corrected chi connectivity index (χ4v) is 4.76. The van der Waals surface area contributed by atoms with Crippen molar-refractivity contribution >= 4 is 33.9 Å². The second-order valence-corrected chi connectivity index (χ2v) is 8.99. The Balaban J connectivity index is 1.54. The van der Waals surface area contributed by atoms with E-state index in [-0.39, 0.29) is 12.0 Å². The molecular weight excluding hydrogens is 454 g/mol. The summed E-state index contributed by atoms with van der Waals surface area (Å²) in [5.74, 6) is 0.594. The summed E-state index contributed by atoms with van der Waals surface area (Å²) in [6.45, 7) is 1.95. The molecule has 1 unspecified atom stereocenters. The number of rotatable bonds is 5. The molecule has 170 valence electrons. The van der Waals surface area contributed by atoms with Crippen molar-refractivity contribution in [1.29, 1.82) is 5.26 Å². The molecule has 4 aromatic rings. The number of nitrogens with zero attached hydrogens (tertiary/aromatic N) is 2. The summed E-state index contributed by atoms with van der Waals surface area (Å²) >= 11 is 1.28. The lowest BCUT2D eigenvalue weighted by molar-refractivity contribution is 0.102. The molecule has 1 N–H and O–H groups in total. The second kappa shape index (κ2) is 9.80. The number of nitrogens with one attached hydrogen (secondary N) is 1. The molecule has 0 aliphatic carbocycles. The number of benzene rings is 3. The molecule has 5 rings (SSSR count). The number of amides is 1. The molecule has 1 atom stereocenters. The number of carbonyl (C=O) groups excluding carboxylic acids is 1. The average molecular weight is 476 g/mol. The van der Waals surface area contributed by atoms with Crippen molar-refractivity contribution in [2.24, 2.45) is 0 Å². The van der Waals surface area contributed by atoms with Crippen LogP contribution in [-0.2, 0) is 0 Å². The van der Waals surface area contributed by atoms with E-state index in [0.717, 1.165) is 22.4 Å². The summed E-state index contributed by atoms with van der Waals surface area (Å²) in [6, 6.07) is 28.7. The number of fused-ring (bicyclic) bond motifs is 1. The molecule has 0 spiro atoms. The van der Waals surface area contributed by atoms with Crippen LogP contribution in [-0.4, -0.2) is 17.0 Å². The lowest BCUT2D eigenvalue weighted by Crippen LogP contribution is -2.17. The molecule has 0 radical (unpaired) electrons. The van der Waals surface area contributed by atoms with Crippen molar-refractivity contribution in [1.82, 2.24) is 4.98 Å². The van der Waals surface area contributed by atoms with E-state index in [2.05, 4.69) is 11.4 Å². The monoisotopic (exact) mass is 475 g/mol. The Kier molecular flexibility index (Phi) is 6.25. The second-order valence-electron chi connectivity index (χ2n) is 7.99. The third-order valence-corrected chi connectivity index (χ3v) is 6.62. The summed E-state index contributed by atoms with van der Waals surface area (Å²) in [5, 5.41) is 14.1. The highest BCUT2D eigenvalue weighted by atomic mass is 32.1. The predicted octanol–water partition coefficient (Wildman–Crippen LogP) is 6.83. The van der Waals surface area contributed by atoms with Gasteiger partial charge in [0.15, 0.2) is 0 Å². The Morgan fingerprint density at radius 3 is 2.46 bits per heavy atom. The first-order chi connectivity index (χ1) is 17.1. The van der Waals surface area contributed by atoms with E-state index in [9.17, 15) is 10.1 Å². The first-order valence-electron chi connectivity index (χ1n) is 11.1. The van der Waals surface area contributed by atoms with Crippen molar-refractivity contribution < 1.29 is 9.53 Å². The fraction of sp³-hybridized carbons (Fsp3) is 0.0690. The van der Waals surface area contributed by atoms with Crippen molar-refractivity contribution in [2.45, 2.75) is 13.0 Å². The minimum absolute atomic E-state index is 0.209. The van der Waals surface area contributed by atoms with Gasteiger partial charge in [-0.1, -0.05) is 78.1 Å². The zero-order valence-electron chi connectivity index (χ0n) is 18.9. The van der Waals surface area contributed by atoms with Gasteiger partial charge >= 0.3 is 0 Å². The van der Waals surface area contributed by atoms with Gasteiger partial charge in [-0.2, -0.15) is 5.26 Å². The number of thiazole rings is 1. The smallest absolute Gasteiger partial charge is 0.256 e. The first kappa shape index (κ1) is 22.3. The van der Waals surface area contributed by atoms with Crippen LogP contribution in [0, 0.1) is 11.3 Å².